The molecule has 0 saturated heterocycles. The molecule has 1 aromatic heterocycles. The van der Waals surface area contributed by atoms with Crippen LogP contribution in [0.1, 0.15) is 6.92 Å². The summed E-state index contributed by atoms with van der Waals surface area (Å²) < 4.78 is 24.1. The quantitative estimate of drug-likeness (QED) is 0.938. The van der Waals surface area contributed by atoms with Crippen LogP contribution in [-0.4, -0.2) is 24.1 Å². The summed E-state index contributed by atoms with van der Waals surface area (Å²) in [6.07, 6.45) is 1.23. The number of nitrogen functional groups attached to an aromatic ring is 1. The average Bonchev–Trinajstić information content (AvgIpc) is 2.38. The van der Waals surface area contributed by atoms with Crippen LogP contribution in [0.5, 0.6) is 0 Å². The van der Waals surface area contributed by atoms with Gasteiger partial charge in [0.15, 0.2) is 9.84 Å². The monoisotopic (exact) mass is 297 g/mol. The smallest absolute Gasteiger partial charge is 0.220 e. The summed E-state index contributed by atoms with van der Waals surface area (Å²) in [5.74, 6) is -0.0153. The molecule has 0 amide bonds. The highest BCUT2D eigenvalue weighted by molar-refractivity contribution is 7.91. The van der Waals surface area contributed by atoms with Crippen molar-refractivity contribution in [1.82, 2.24) is 9.97 Å². The molecule has 0 aliphatic rings. The predicted molar refractivity (Wildman–Crippen MR) is 74.6 cm³/mol. The maximum absolute atomic E-state index is 12.0. The van der Waals surface area contributed by atoms with Crippen LogP contribution in [0.25, 0.3) is 11.3 Å². The lowest BCUT2D eigenvalue weighted by molar-refractivity contribution is 0.597. The van der Waals surface area contributed by atoms with Crippen LogP contribution >= 0.6 is 11.6 Å². The van der Waals surface area contributed by atoms with Gasteiger partial charge in [0, 0.05) is 10.6 Å². The minimum atomic E-state index is -3.43. The second kappa shape index (κ2) is 5.14. The Kier molecular flexibility index (Phi) is 3.73. The van der Waals surface area contributed by atoms with Gasteiger partial charge in [-0.2, -0.15) is 0 Å². The molecular formula is C12H12ClN3O2S. The van der Waals surface area contributed by atoms with Crippen molar-refractivity contribution in [3.8, 4) is 11.3 Å². The van der Waals surface area contributed by atoms with E-state index < -0.39 is 9.84 Å². The van der Waals surface area contributed by atoms with E-state index in [1.54, 1.807) is 31.2 Å². The lowest BCUT2D eigenvalue weighted by Gasteiger charge is -2.09. The molecule has 0 radical (unpaired) electrons. The van der Waals surface area contributed by atoms with Crippen molar-refractivity contribution in [3.05, 3.63) is 35.5 Å². The zero-order valence-corrected chi connectivity index (χ0v) is 11.7. The third kappa shape index (κ3) is 2.85. The number of benzene rings is 1. The highest BCUT2D eigenvalue weighted by Gasteiger charge is 2.20. The zero-order chi connectivity index (χ0) is 14.0. The Balaban J connectivity index is 2.72. The number of hydrogen-bond donors (Lipinski definition) is 1. The Morgan fingerprint density at radius 2 is 2.11 bits per heavy atom. The van der Waals surface area contributed by atoms with Crippen LogP contribution in [0.15, 0.2) is 35.4 Å². The van der Waals surface area contributed by atoms with Crippen molar-refractivity contribution in [2.45, 2.75) is 11.8 Å². The number of nitrogens with two attached hydrogens (primary N) is 1. The van der Waals surface area contributed by atoms with Crippen LogP contribution in [0, 0.1) is 0 Å². The van der Waals surface area contributed by atoms with Crippen LogP contribution in [0.4, 0.5) is 5.95 Å². The number of anilines is 1. The van der Waals surface area contributed by atoms with E-state index in [0.29, 0.717) is 10.6 Å². The molecule has 2 N–H and O–H groups in total. The highest BCUT2D eigenvalue weighted by atomic mass is 35.5. The molecular weight excluding hydrogens is 286 g/mol. The lowest BCUT2D eigenvalue weighted by Crippen LogP contribution is -2.09. The van der Waals surface area contributed by atoms with E-state index in [4.69, 9.17) is 17.3 Å². The molecule has 0 aliphatic carbocycles. The third-order valence-corrected chi connectivity index (χ3v) is 4.55. The SMILES string of the molecule is CCS(=O)(=O)c1cnc(N)nc1-c1cccc(Cl)c1. The lowest BCUT2D eigenvalue weighted by atomic mass is 10.1. The van der Waals surface area contributed by atoms with Crippen molar-refractivity contribution in [1.29, 1.82) is 0 Å². The molecule has 0 saturated carbocycles. The van der Waals surface area contributed by atoms with E-state index in [-0.39, 0.29) is 22.3 Å². The normalized spacial score (nSPS) is 11.5. The molecule has 0 atom stereocenters. The number of halogens is 1. The van der Waals surface area contributed by atoms with Gasteiger partial charge in [0.05, 0.1) is 17.6 Å². The van der Waals surface area contributed by atoms with E-state index in [0.717, 1.165) is 0 Å². The van der Waals surface area contributed by atoms with Gasteiger partial charge in [0.2, 0.25) is 5.95 Å². The van der Waals surface area contributed by atoms with Crippen LogP contribution < -0.4 is 5.73 Å². The zero-order valence-electron chi connectivity index (χ0n) is 10.2. The fourth-order valence-electron chi connectivity index (χ4n) is 1.61. The maximum Gasteiger partial charge on any atom is 0.220 e. The molecule has 0 unspecified atom stereocenters. The van der Waals surface area contributed by atoms with Gasteiger partial charge in [0.25, 0.3) is 0 Å². The Bertz CT molecular complexity index is 717. The minimum absolute atomic E-state index is 0.0185. The molecule has 100 valence electrons. The number of hydrogen-bond acceptors (Lipinski definition) is 5. The maximum atomic E-state index is 12.0. The highest BCUT2D eigenvalue weighted by Crippen LogP contribution is 2.28. The van der Waals surface area contributed by atoms with Crippen molar-refractivity contribution in [2.75, 3.05) is 11.5 Å². The van der Waals surface area contributed by atoms with Gasteiger partial charge >= 0.3 is 0 Å². The summed E-state index contributed by atoms with van der Waals surface area (Å²) in [7, 11) is -3.43. The summed E-state index contributed by atoms with van der Waals surface area (Å²) in [6, 6.07) is 6.78. The first kappa shape index (κ1) is 13.8. The van der Waals surface area contributed by atoms with Gasteiger partial charge in [-0.05, 0) is 12.1 Å². The summed E-state index contributed by atoms with van der Waals surface area (Å²) in [5.41, 5.74) is 6.40. The molecule has 5 nitrogen and oxygen atoms in total. The van der Waals surface area contributed by atoms with Crippen molar-refractivity contribution >= 4 is 27.4 Å². The molecule has 1 heterocycles. The largest absolute Gasteiger partial charge is 0.368 e. The molecule has 0 bridgehead atoms. The topological polar surface area (TPSA) is 85.9 Å². The van der Waals surface area contributed by atoms with Crippen molar-refractivity contribution < 1.29 is 8.42 Å². The summed E-state index contributed by atoms with van der Waals surface area (Å²) >= 11 is 5.91. The van der Waals surface area contributed by atoms with E-state index >= 15 is 0 Å². The fraction of sp³-hybridized carbons (Fsp3) is 0.167. The molecule has 0 aliphatic heterocycles. The molecule has 0 fully saturated rings. The summed E-state index contributed by atoms with van der Waals surface area (Å²) in [6.45, 7) is 1.56. The van der Waals surface area contributed by atoms with E-state index in [9.17, 15) is 8.42 Å². The van der Waals surface area contributed by atoms with Gasteiger partial charge < -0.3 is 5.73 Å². The molecule has 0 spiro atoms. The van der Waals surface area contributed by atoms with Gasteiger partial charge in [-0.1, -0.05) is 30.7 Å². The third-order valence-electron chi connectivity index (χ3n) is 2.59. The Labute approximate surface area is 116 Å². The molecule has 2 aromatic rings. The van der Waals surface area contributed by atoms with Crippen molar-refractivity contribution in [3.63, 3.8) is 0 Å². The van der Waals surface area contributed by atoms with E-state index in [2.05, 4.69) is 9.97 Å². The summed E-state index contributed by atoms with van der Waals surface area (Å²) in [4.78, 5) is 7.85. The standard InChI is InChI=1S/C12H12ClN3O2S/c1-2-19(17,18)10-7-15-12(14)16-11(10)8-4-3-5-9(13)6-8/h3-7H,2H2,1H3,(H2,14,15,16). The van der Waals surface area contributed by atoms with Crippen LogP contribution in [0.3, 0.4) is 0 Å². The van der Waals surface area contributed by atoms with Crippen LogP contribution in [0.2, 0.25) is 5.02 Å². The van der Waals surface area contributed by atoms with Crippen LogP contribution in [-0.2, 0) is 9.84 Å². The second-order valence-electron chi connectivity index (χ2n) is 3.85. The molecule has 19 heavy (non-hydrogen) atoms. The first-order valence-electron chi connectivity index (χ1n) is 5.55. The minimum Gasteiger partial charge on any atom is -0.368 e. The van der Waals surface area contributed by atoms with Gasteiger partial charge in [-0.25, -0.2) is 18.4 Å². The number of aromatic nitrogens is 2. The average molecular weight is 298 g/mol. The van der Waals surface area contributed by atoms with Gasteiger partial charge in [-0.3, -0.25) is 0 Å². The number of nitrogens with zero attached hydrogens (tertiary/aromatic N) is 2. The van der Waals surface area contributed by atoms with Gasteiger partial charge in [-0.15, -0.1) is 0 Å². The summed E-state index contributed by atoms with van der Waals surface area (Å²) in [5, 5.41) is 0.495. The Hall–Kier alpha value is -1.66. The Morgan fingerprint density at radius 3 is 2.74 bits per heavy atom. The van der Waals surface area contributed by atoms with E-state index in [1.807, 2.05) is 0 Å². The number of sulfone groups is 1. The first-order valence-corrected chi connectivity index (χ1v) is 7.58. The molecule has 7 heteroatoms. The fourth-order valence-corrected chi connectivity index (χ4v) is 2.78. The molecule has 2 rings (SSSR count). The van der Waals surface area contributed by atoms with Crippen molar-refractivity contribution in [2.24, 2.45) is 0 Å². The second-order valence-corrected chi connectivity index (χ2v) is 6.54. The Morgan fingerprint density at radius 1 is 1.37 bits per heavy atom. The van der Waals surface area contributed by atoms with E-state index in [1.165, 1.54) is 6.20 Å². The predicted octanol–water partition coefficient (Wildman–Crippen LogP) is 2.17. The van der Waals surface area contributed by atoms with Gasteiger partial charge in [0.1, 0.15) is 4.90 Å². The number of rotatable bonds is 3. The molecule has 1 aromatic carbocycles. The first-order chi connectivity index (χ1) is 8.94.